The fourth-order valence-electron chi connectivity index (χ4n) is 1.55. The van der Waals surface area contributed by atoms with E-state index < -0.39 is 10.0 Å². The monoisotopic (exact) mass is 320 g/mol. The molecule has 8 heteroatoms. The summed E-state index contributed by atoms with van der Waals surface area (Å²) in [5.41, 5.74) is 0.273. The summed E-state index contributed by atoms with van der Waals surface area (Å²) in [6.07, 6.45) is 1.70. The standard InChI is InChI=1S/C12H17ClN2O4S/c1-19-11-6-5-9(20(14,17)18)8-10(11)15-12(16)4-2-3-7-13/h5-6,8H,2-4,7H2,1H3,(H,15,16)(H2,14,17,18). The van der Waals surface area contributed by atoms with Crippen LogP contribution in [0.3, 0.4) is 0 Å². The minimum absolute atomic E-state index is 0.0886. The van der Waals surface area contributed by atoms with Crippen molar-refractivity contribution in [3.05, 3.63) is 18.2 Å². The summed E-state index contributed by atoms with van der Waals surface area (Å²) < 4.78 is 27.7. The van der Waals surface area contributed by atoms with Crippen LogP contribution in [0.1, 0.15) is 19.3 Å². The minimum Gasteiger partial charge on any atom is -0.495 e. The van der Waals surface area contributed by atoms with E-state index in [-0.39, 0.29) is 16.5 Å². The number of hydrogen-bond donors (Lipinski definition) is 2. The van der Waals surface area contributed by atoms with E-state index in [1.165, 1.54) is 25.3 Å². The van der Waals surface area contributed by atoms with Crippen LogP contribution in [0.15, 0.2) is 23.1 Å². The average Bonchev–Trinajstić information content (AvgIpc) is 2.38. The van der Waals surface area contributed by atoms with Gasteiger partial charge in [0.05, 0.1) is 17.7 Å². The van der Waals surface area contributed by atoms with Gasteiger partial charge in [-0.3, -0.25) is 4.79 Å². The molecule has 1 aromatic rings. The van der Waals surface area contributed by atoms with Crippen LogP contribution < -0.4 is 15.2 Å². The Labute approximate surface area is 123 Å². The predicted molar refractivity (Wildman–Crippen MR) is 77.6 cm³/mol. The lowest BCUT2D eigenvalue weighted by Gasteiger charge is -2.11. The van der Waals surface area contributed by atoms with Gasteiger partial charge in [-0.15, -0.1) is 11.6 Å². The van der Waals surface area contributed by atoms with Crippen LogP contribution in [-0.2, 0) is 14.8 Å². The Bertz CT molecular complexity index is 575. The van der Waals surface area contributed by atoms with Crippen molar-refractivity contribution in [1.29, 1.82) is 0 Å². The minimum atomic E-state index is -3.83. The van der Waals surface area contributed by atoms with Crippen molar-refractivity contribution < 1.29 is 17.9 Å². The summed E-state index contributed by atoms with van der Waals surface area (Å²) in [6, 6.07) is 4.03. The molecule has 0 saturated heterocycles. The molecule has 112 valence electrons. The fourth-order valence-corrected chi connectivity index (χ4v) is 2.28. The molecule has 0 aliphatic carbocycles. The normalized spacial score (nSPS) is 11.2. The number of unbranched alkanes of at least 4 members (excludes halogenated alkanes) is 1. The van der Waals surface area contributed by atoms with Gasteiger partial charge < -0.3 is 10.1 Å². The van der Waals surface area contributed by atoms with Gasteiger partial charge in [0.1, 0.15) is 5.75 Å². The number of alkyl halides is 1. The van der Waals surface area contributed by atoms with Crippen LogP contribution in [0, 0.1) is 0 Å². The molecule has 0 fully saturated rings. The second kappa shape index (κ2) is 7.47. The van der Waals surface area contributed by atoms with E-state index in [9.17, 15) is 13.2 Å². The summed E-state index contributed by atoms with van der Waals surface area (Å²) in [6.45, 7) is 0. The summed E-state index contributed by atoms with van der Waals surface area (Å²) in [7, 11) is -2.41. The van der Waals surface area contributed by atoms with E-state index in [4.69, 9.17) is 21.5 Å². The summed E-state index contributed by atoms with van der Waals surface area (Å²) in [5.74, 6) is 0.625. The molecule has 0 radical (unpaired) electrons. The van der Waals surface area contributed by atoms with Gasteiger partial charge in [0.25, 0.3) is 0 Å². The van der Waals surface area contributed by atoms with Crippen molar-refractivity contribution in [3.63, 3.8) is 0 Å². The second-order valence-corrected chi connectivity index (χ2v) is 6.04. The lowest BCUT2D eigenvalue weighted by Crippen LogP contribution is -2.15. The highest BCUT2D eigenvalue weighted by molar-refractivity contribution is 7.89. The SMILES string of the molecule is COc1ccc(S(N)(=O)=O)cc1NC(=O)CCCCCl. The molecule has 1 aromatic carbocycles. The third-order valence-electron chi connectivity index (χ3n) is 2.56. The zero-order valence-corrected chi connectivity index (χ0v) is 12.6. The lowest BCUT2D eigenvalue weighted by molar-refractivity contribution is -0.116. The number of nitrogens with one attached hydrogen (secondary N) is 1. The Morgan fingerprint density at radius 1 is 1.40 bits per heavy atom. The van der Waals surface area contributed by atoms with Crippen LogP contribution in [-0.4, -0.2) is 27.3 Å². The van der Waals surface area contributed by atoms with Crippen LogP contribution in [0.2, 0.25) is 0 Å². The third-order valence-corrected chi connectivity index (χ3v) is 3.74. The number of nitrogens with two attached hydrogens (primary N) is 1. The number of methoxy groups -OCH3 is 1. The second-order valence-electron chi connectivity index (χ2n) is 4.10. The maximum Gasteiger partial charge on any atom is 0.238 e. The molecule has 1 rings (SSSR count). The fraction of sp³-hybridized carbons (Fsp3) is 0.417. The Morgan fingerprint density at radius 3 is 2.65 bits per heavy atom. The van der Waals surface area contributed by atoms with Crippen molar-refractivity contribution in [1.82, 2.24) is 0 Å². The van der Waals surface area contributed by atoms with Gasteiger partial charge >= 0.3 is 0 Å². The number of carbonyl (C=O) groups is 1. The Hall–Kier alpha value is -1.31. The van der Waals surface area contributed by atoms with Crippen molar-refractivity contribution in [2.24, 2.45) is 5.14 Å². The van der Waals surface area contributed by atoms with Gasteiger partial charge in [-0.05, 0) is 31.0 Å². The van der Waals surface area contributed by atoms with E-state index in [2.05, 4.69) is 5.32 Å². The number of amides is 1. The van der Waals surface area contributed by atoms with E-state index in [0.29, 0.717) is 24.5 Å². The van der Waals surface area contributed by atoms with Gasteiger partial charge in [0, 0.05) is 12.3 Å². The van der Waals surface area contributed by atoms with E-state index >= 15 is 0 Å². The highest BCUT2D eigenvalue weighted by Gasteiger charge is 2.13. The quantitative estimate of drug-likeness (QED) is 0.590. The largest absolute Gasteiger partial charge is 0.495 e. The first-order chi connectivity index (χ1) is 9.38. The maximum atomic E-state index is 11.7. The smallest absolute Gasteiger partial charge is 0.238 e. The molecule has 0 saturated carbocycles. The van der Waals surface area contributed by atoms with Gasteiger partial charge in [0.2, 0.25) is 15.9 Å². The number of carbonyl (C=O) groups excluding carboxylic acids is 1. The van der Waals surface area contributed by atoms with Crippen LogP contribution in [0.25, 0.3) is 0 Å². The Balaban J connectivity index is 2.89. The molecule has 0 unspecified atom stereocenters. The number of rotatable bonds is 7. The summed E-state index contributed by atoms with van der Waals surface area (Å²) >= 11 is 5.53. The summed E-state index contributed by atoms with van der Waals surface area (Å²) in [5, 5.41) is 7.66. The van der Waals surface area contributed by atoms with Gasteiger partial charge in [-0.25, -0.2) is 13.6 Å². The van der Waals surface area contributed by atoms with E-state index in [0.717, 1.165) is 6.42 Å². The highest BCUT2D eigenvalue weighted by Crippen LogP contribution is 2.27. The average molecular weight is 321 g/mol. The Morgan fingerprint density at radius 2 is 2.10 bits per heavy atom. The topological polar surface area (TPSA) is 98.5 Å². The van der Waals surface area contributed by atoms with Crippen LogP contribution >= 0.6 is 11.6 Å². The molecule has 0 spiro atoms. The number of sulfonamides is 1. The molecule has 0 aliphatic rings. The number of benzene rings is 1. The van der Waals surface area contributed by atoms with Crippen molar-refractivity contribution in [2.45, 2.75) is 24.2 Å². The summed E-state index contributed by atoms with van der Waals surface area (Å²) in [4.78, 5) is 11.6. The highest BCUT2D eigenvalue weighted by atomic mass is 35.5. The number of anilines is 1. The molecule has 3 N–H and O–H groups in total. The molecule has 0 bridgehead atoms. The van der Waals surface area contributed by atoms with Gasteiger partial charge in [0.15, 0.2) is 0 Å². The number of halogens is 1. The number of hydrogen-bond acceptors (Lipinski definition) is 4. The van der Waals surface area contributed by atoms with Crippen LogP contribution in [0.5, 0.6) is 5.75 Å². The predicted octanol–water partition coefficient (Wildman–Crippen LogP) is 1.69. The first-order valence-electron chi connectivity index (χ1n) is 5.95. The third kappa shape index (κ3) is 4.99. The molecule has 0 aromatic heterocycles. The molecule has 20 heavy (non-hydrogen) atoms. The van der Waals surface area contributed by atoms with Gasteiger partial charge in [-0.1, -0.05) is 0 Å². The molecule has 6 nitrogen and oxygen atoms in total. The van der Waals surface area contributed by atoms with Crippen molar-refractivity contribution in [3.8, 4) is 5.75 Å². The van der Waals surface area contributed by atoms with E-state index in [1.54, 1.807) is 0 Å². The Kier molecular flexibility index (Phi) is 6.25. The molecule has 0 aliphatic heterocycles. The van der Waals surface area contributed by atoms with E-state index in [1.807, 2.05) is 0 Å². The first kappa shape index (κ1) is 16.7. The zero-order valence-electron chi connectivity index (χ0n) is 11.1. The maximum absolute atomic E-state index is 11.7. The van der Waals surface area contributed by atoms with Crippen LogP contribution in [0.4, 0.5) is 5.69 Å². The lowest BCUT2D eigenvalue weighted by atomic mass is 10.2. The molecular weight excluding hydrogens is 304 g/mol. The number of ether oxygens (including phenoxy) is 1. The molecule has 0 heterocycles. The van der Waals surface area contributed by atoms with Gasteiger partial charge in [-0.2, -0.15) is 0 Å². The number of primary sulfonamides is 1. The molecular formula is C12H17ClN2O4S. The van der Waals surface area contributed by atoms with Crippen molar-refractivity contribution >= 4 is 33.2 Å². The zero-order chi connectivity index (χ0) is 15.2. The first-order valence-corrected chi connectivity index (χ1v) is 8.03. The van der Waals surface area contributed by atoms with Crippen molar-refractivity contribution in [2.75, 3.05) is 18.3 Å². The molecule has 0 atom stereocenters. The molecule has 1 amide bonds.